The quantitative estimate of drug-likeness (QED) is 0.686. The zero-order valence-corrected chi connectivity index (χ0v) is 15.0. The SMILES string of the molecule is CC(C)(C)c1cc(C=Cc2ccc(O)cc2)cc(C(C)(C)C)[o+]1. The molecular formula is C21H27O2+. The monoisotopic (exact) mass is 311 g/mol. The number of aromatic hydroxyl groups is 1. The molecule has 0 radical (unpaired) electrons. The van der Waals surface area contributed by atoms with Crippen LogP contribution in [0.3, 0.4) is 0 Å². The number of phenols is 1. The average molecular weight is 311 g/mol. The van der Waals surface area contributed by atoms with Crippen LogP contribution in [0.1, 0.15) is 64.2 Å². The first-order valence-electron chi connectivity index (χ1n) is 8.02. The Morgan fingerprint density at radius 2 is 1.17 bits per heavy atom. The second kappa shape index (κ2) is 6.19. The molecular weight excluding hydrogens is 284 g/mol. The Morgan fingerprint density at radius 1 is 0.739 bits per heavy atom. The molecule has 0 spiro atoms. The van der Waals surface area contributed by atoms with Crippen LogP contribution in [0.5, 0.6) is 5.75 Å². The van der Waals surface area contributed by atoms with Gasteiger partial charge in [0.25, 0.3) is 0 Å². The minimum Gasteiger partial charge on any atom is -0.508 e. The normalized spacial score (nSPS) is 12.8. The molecule has 122 valence electrons. The molecule has 23 heavy (non-hydrogen) atoms. The number of benzene rings is 1. The predicted octanol–water partition coefficient (Wildman–Crippen LogP) is 6.03. The third-order valence-electron chi connectivity index (χ3n) is 3.66. The van der Waals surface area contributed by atoms with Crippen LogP contribution in [-0.2, 0) is 10.8 Å². The van der Waals surface area contributed by atoms with Crippen LogP contribution in [-0.4, -0.2) is 5.11 Å². The summed E-state index contributed by atoms with van der Waals surface area (Å²) in [5.74, 6) is 2.25. The molecule has 1 aromatic heterocycles. The number of hydrogen-bond acceptors (Lipinski definition) is 1. The van der Waals surface area contributed by atoms with Gasteiger partial charge in [-0.3, -0.25) is 0 Å². The van der Waals surface area contributed by atoms with Gasteiger partial charge in [0.2, 0.25) is 0 Å². The molecule has 0 amide bonds. The van der Waals surface area contributed by atoms with Gasteiger partial charge in [-0.2, -0.15) is 0 Å². The molecule has 0 aliphatic heterocycles. The molecule has 0 saturated heterocycles. The highest BCUT2D eigenvalue weighted by molar-refractivity contribution is 5.70. The van der Waals surface area contributed by atoms with Crippen LogP contribution in [0.4, 0.5) is 0 Å². The molecule has 1 aromatic carbocycles. The highest BCUT2D eigenvalue weighted by Crippen LogP contribution is 2.30. The summed E-state index contributed by atoms with van der Waals surface area (Å²) in [6, 6.07) is 11.4. The summed E-state index contributed by atoms with van der Waals surface area (Å²) < 4.78 is 6.15. The predicted molar refractivity (Wildman–Crippen MR) is 97.5 cm³/mol. The van der Waals surface area contributed by atoms with E-state index in [9.17, 15) is 5.11 Å². The van der Waals surface area contributed by atoms with Crippen LogP contribution in [0, 0.1) is 0 Å². The van der Waals surface area contributed by atoms with Crippen LogP contribution in [0.15, 0.2) is 40.8 Å². The number of rotatable bonds is 2. The summed E-state index contributed by atoms with van der Waals surface area (Å²) in [5.41, 5.74) is 2.10. The van der Waals surface area contributed by atoms with Gasteiger partial charge in [-0.05, 0) is 64.8 Å². The van der Waals surface area contributed by atoms with Gasteiger partial charge >= 0.3 is 11.5 Å². The molecule has 1 N–H and O–H groups in total. The van der Waals surface area contributed by atoms with Gasteiger partial charge in [0.15, 0.2) is 0 Å². The lowest BCUT2D eigenvalue weighted by Gasteiger charge is -2.14. The van der Waals surface area contributed by atoms with Crippen molar-refractivity contribution < 1.29 is 9.52 Å². The van der Waals surface area contributed by atoms with Crippen molar-refractivity contribution in [2.45, 2.75) is 52.4 Å². The van der Waals surface area contributed by atoms with Crippen molar-refractivity contribution in [2.75, 3.05) is 0 Å². The van der Waals surface area contributed by atoms with Gasteiger partial charge < -0.3 is 5.11 Å². The van der Waals surface area contributed by atoms with E-state index in [-0.39, 0.29) is 16.6 Å². The molecule has 0 atom stereocenters. The zero-order chi connectivity index (χ0) is 17.3. The zero-order valence-electron chi connectivity index (χ0n) is 15.0. The third-order valence-corrected chi connectivity index (χ3v) is 3.66. The third kappa shape index (κ3) is 4.69. The summed E-state index contributed by atoms with van der Waals surface area (Å²) in [5, 5.41) is 9.36. The Balaban J connectivity index is 2.43. The van der Waals surface area contributed by atoms with Crippen molar-refractivity contribution in [3.8, 4) is 5.75 Å². The van der Waals surface area contributed by atoms with Crippen molar-refractivity contribution >= 4 is 12.2 Å². The Morgan fingerprint density at radius 3 is 1.61 bits per heavy atom. The molecule has 0 unspecified atom stereocenters. The highest BCUT2D eigenvalue weighted by atomic mass is 16.3. The van der Waals surface area contributed by atoms with E-state index in [1.54, 1.807) is 12.1 Å². The Labute approximate surface area is 139 Å². The fraction of sp³-hybridized carbons (Fsp3) is 0.381. The smallest absolute Gasteiger partial charge is 0.335 e. The fourth-order valence-electron chi connectivity index (χ4n) is 2.14. The molecule has 2 aromatic rings. The molecule has 0 aliphatic rings. The van der Waals surface area contributed by atoms with Gasteiger partial charge in [0, 0.05) is 12.1 Å². The Hall–Kier alpha value is -2.09. The lowest BCUT2D eigenvalue weighted by Crippen LogP contribution is -2.16. The maximum Gasteiger partial charge on any atom is 0.335 e. The van der Waals surface area contributed by atoms with E-state index in [0.29, 0.717) is 0 Å². The molecule has 2 nitrogen and oxygen atoms in total. The summed E-state index contributed by atoms with van der Waals surface area (Å²) >= 11 is 0. The second-order valence-corrected chi connectivity index (χ2v) is 8.04. The van der Waals surface area contributed by atoms with E-state index in [0.717, 1.165) is 22.6 Å². The van der Waals surface area contributed by atoms with Gasteiger partial charge in [0.1, 0.15) is 5.75 Å². The molecule has 0 fully saturated rings. The van der Waals surface area contributed by atoms with Gasteiger partial charge in [-0.1, -0.05) is 24.3 Å². The highest BCUT2D eigenvalue weighted by Gasteiger charge is 2.33. The maximum absolute atomic E-state index is 9.36. The van der Waals surface area contributed by atoms with Crippen LogP contribution < -0.4 is 0 Å². The average Bonchev–Trinajstić information content (AvgIpc) is 2.44. The van der Waals surface area contributed by atoms with Crippen molar-refractivity contribution in [2.24, 2.45) is 0 Å². The first-order valence-corrected chi connectivity index (χ1v) is 8.02. The molecule has 2 heteroatoms. The minimum absolute atomic E-state index is 0.0393. The second-order valence-electron chi connectivity index (χ2n) is 8.04. The van der Waals surface area contributed by atoms with Crippen LogP contribution in [0.25, 0.3) is 12.2 Å². The minimum atomic E-state index is -0.0393. The molecule has 0 bridgehead atoms. The molecule has 0 aliphatic carbocycles. The maximum atomic E-state index is 9.36. The molecule has 0 saturated carbocycles. The first kappa shape index (κ1) is 17.3. The topological polar surface area (TPSA) is 31.5 Å². The Kier molecular flexibility index (Phi) is 4.65. The standard InChI is InChI=1S/C21H26O2/c1-20(2,3)18-13-16(14-19(23-18)21(4,5)6)8-7-15-9-11-17(22)12-10-15/h7-14H,1-6H3/p+1. The lowest BCUT2D eigenvalue weighted by atomic mass is 9.88. The summed E-state index contributed by atoms with van der Waals surface area (Å²) in [6.45, 7) is 13.0. The van der Waals surface area contributed by atoms with Crippen molar-refractivity contribution in [1.29, 1.82) is 0 Å². The summed E-state index contributed by atoms with van der Waals surface area (Å²) in [7, 11) is 0. The summed E-state index contributed by atoms with van der Waals surface area (Å²) in [4.78, 5) is 0. The van der Waals surface area contributed by atoms with Crippen molar-refractivity contribution in [3.63, 3.8) is 0 Å². The van der Waals surface area contributed by atoms with E-state index < -0.39 is 0 Å². The van der Waals surface area contributed by atoms with E-state index >= 15 is 0 Å². The van der Waals surface area contributed by atoms with Gasteiger partial charge in [-0.15, -0.1) is 0 Å². The number of phenolic OH excluding ortho intramolecular Hbond substituents is 1. The van der Waals surface area contributed by atoms with Gasteiger partial charge in [-0.25, -0.2) is 4.42 Å². The van der Waals surface area contributed by atoms with E-state index in [1.807, 2.05) is 18.2 Å². The van der Waals surface area contributed by atoms with Crippen LogP contribution in [0.2, 0.25) is 0 Å². The van der Waals surface area contributed by atoms with E-state index in [4.69, 9.17) is 4.42 Å². The first-order chi connectivity index (χ1) is 10.6. The molecule has 2 rings (SSSR count). The van der Waals surface area contributed by atoms with Crippen molar-refractivity contribution in [3.05, 3.63) is 59.0 Å². The number of hydrogen-bond donors (Lipinski definition) is 1. The van der Waals surface area contributed by atoms with Crippen molar-refractivity contribution in [1.82, 2.24) is 0 Å². The lowest BCUT2D eigenvalue weighted by molar-refractivity contribution is 0.328. The van der Waals surface area contributed by atoms with Crippen LogP contribution >= 0.6 is 0 Å². The summed E-state index contributed by atoms with van der Waals surface area (Å²) in [6.07, 6.45) is 4.14. The Bertz CT molecular complexity index is 664. The van der Waals surface area contributed by atoms with E-state index in [1.165, 1.54) is 0 Å². The van der Waals surface area contributed by atoms with E-state index in [2.05, 4.69) is 59.8 Å². The van der Waals surface area contributed by atoms with Gasteiger partial charge in [0.05, 0.1) is 10.8 Å². The largest absolute Gasteiger partial charge is 0.508 e. The fourth-order valence-corrected chi connectivity index (χ4v) is 2.14. The molecule has 1 heterocycles.